The summed E-state index contributed by atoms with van der Waals surface area (Å²) in [6.07, 6.45) is 0. The zero-order chi connectivity index (χ0) is 18.7. The first-order valence-electron chi connectivity index (χ1n) is 8.31. The number of halogens is 2. The van der Waals surface area contributed by atoms with Crippen molar-refractivity contribution in [2.24, 2.45) is 0 Å². The van der Waals surface area contributed by atoms with Crippen molar-refractivity contribution in [3.63, 3.8) is 0 Å². The molecule has 2 amide bonds. The summed E-state index contributed by atoms with van der Waals surface area (Å²) in [6.45, 7) is 4.46. The summed E-state index contributed by atoms with van der Waals surface area (Å²) in [5.74, 6) is -0.0632. The minimum Gasteiger partial charge on any atom is -0.367 e. The third kappa shape index (κ3) is 4.48. The largest absolute Gasteiger partial charge is 0.367 e. The van der Waals surface area contributed by atoms with Crippen LogP contribution in [0.2, 0.25) is 5.02 Å². The van der Waals surface area contributed by atoms with Crippen molar-refractivity contribution in [1.29, 1.82) is 0 Å². The molecular formula is C19H19ClIN3O2. The van der Waals surface area contributed by atoms with Gasteiger partial charge in [-0.1, -0.05) is 17.7 Å². The number of carbonyl (C=O) groups excluding carboxylic acids is 2. The molecule has 26 heavy (non-hydrogen) atoms. The van der Waals surface area contributed by atoms with Crippen molar-refractivity contribution in [3.05, 3.63) is 56.6 Å². The third-order valence-electron chi connectivity index (χ3n) is 4.36. The molecule has 1 saturated heterocycles. The number of benzene rings is 2. The van der Waals surface area contributed by atoms with E-state index in [4.69, 9.17) is 11.6 Å². The quantitative estimate of drug-likeness (QED) is 0.675. The summed E-state index contributed by atoms with van der Waals surface area (Å²) in [5.41, 5.74) is 2.18. The van der Waals surface area contributed by atoms with E-state index < -0.39 is 0 Å². The van der Waals surface area contributed by atoms with Gasteiger partial charge in [0.1, 0.15) is 0 Å². The molecule has 0 unspecified atom stereocenters. The normalized spacial score (nSPS) is 14.3. The molecule has 0 radical (unpaired) electrons. The second kappa shape index (κ2) is 8.26. The predicted octanol–water partition coefficient (Wildman–Crippen LogP) is 3.87. The lowest BCUT2D eigenvalue weighted by molar-refractivity contribution is -0.129. The monoisotopic (exact) mass is 483 g/mol. The number of carbonyl (C=O) groups is 2. The van der Waals surface area contributed by atoms with Gasteiger partial charge in [0.15, 0.2) is 0 Å². The topological polar surface area (TPSA) is 52.7 Å². The minimum atomic E-state index is -0.164. The molecule has 2 aromatic rings. The van der Waals surface area contributed by atoms with Crippen molar-refractivity contribution in [2.75, 3.05) is 36.4 Å². The molecule has 0 bridgehead atoms. The van der Waals surface area contributed by atoms with Crippen LogP contribution < -0.4 is 10.2 Å². The average molecular weight is 484 g/mol. The van der Waals surface area contributed by atoms with Crippen LogP contribution >= 0.6 is 34.2 Å². The molecule has 7 heteroatoms. The summed E-state index contributed by atoms with van der Waals surface area (Å²) in [5, 5.41) is 3.47. The maximum Gasteiger partial charge on any atom is 0.255 e. The second-order valence-corrected chi connectivity index (χ2v) is 7.78. The van der Waals surface area contributed by atoms with Crippen LogP contribution in [0.1, 0.15) is 17.3 Å². The van der Waals surface area contributed by atoms with E-state index in [1.54, 1.807) is 19.1 Å². The van der Waals surface area contributed by atoms with Gasteiger partial charge >= 0.3 is 0 Å². The van der Waals surface area contributed by atoms with E-state index in [1.165, 1.54) is 0 Å². The highest BCUT2D eigenvalue weighted by atomic mass is 127. The fourth-order valence-corrected chi connectivity index (χ4v) is 3.78. The highest BCUT2D eigenvalue weighted by Crippen LogP contribution is 2.30. The van der Waals surface area contributed by atoms with Crippen molar-refractivity contribution in [3.8, 4) is 0 Å². The van der Waals surface area contributed by atoms with Gasteiger partial charge in [0, 0.05) is 47.9 Å². The van der Waals surface area contributed by atoms with Crippen molar-refractivity contribution in [2.45, 2.75) is 6.92 Å². The Labute approximate surface area is 171 Å². The molecular weight excluding hydrogens is 465 g/mol. The molecule has 1 aliphatic heterocycles. The molecule has 1 N–H and O–H groups in total. The van der Waals surface area contributed by atoms with Crippen molar-refractivity contribution in [1.82, 2.24) is 4.90 Å². The van der Waals surface area contributed by atoms with E-state index in [9.17, 15) is 9.59 Å². The lowest BCUT2D eigenvalue weighted by Gasteiger charge is -2.36. The van der Waals surface area contributed by atoms with E-state index in [0.717, 1.165) is 22.3 Å². The molecule has 0 aliphatic carbocycles. The molecule has 5 nitrogen and oxygen atoms in total. The van der Waals surface area contributed by atoms with E-state index in [2.05, 4.69) is 32.8 Å². The number of nitrogens with one attached hydrogen (secondary N) is 1. The number of nitrogens with zero attached hydrogens (tertiary/aromatic N) is 2. The average Bonchev–Trinajstić information content (AvgIpc) is 2.62. The van der Waals surface area contributed by atoms with Gasteiger partial charge in [-0.25, -0.2) is 0 Å². The molecule has 0 atom stereocenters. The van der Waals surface area contributed by atoms with Gasteiger partial charge in [0.2, 0.25) is 5.91 Å². The SMILES string of the molecule is CC(=O)N1CCN(c2ccc(NC(=O)c3cccc(I)c3)cc2Cl)CC1. The fourth-order valence-electron chi connectivity index (χ4n) is 2.94. The highest BCUT2D eigenvalue weighted by Gasteiger charge is 2.20. The van der Waals surface area contributed by atoms with Gasteiger partial charge in [0.05, 0.1) is 10.7 Å². The number of hydrogen-bond acceptors (Lipinski definition) is 3. The zero-order valence-corrected chi connectivity index (χ0v) is 17.3. The maximum atomic E-state index is 12.4. The van der Waals surface area contributed by atoms with Crippen LogP contribution in [-0.2, 0) is 4.79 Å². The summed E-state index contributed by atoms with van der Waals surface area (Å²) in [7, 11) is 0. The van der Waals surface area contributed by atoms with Gasteiger partial charge in [-0.15, -0.1) is 0 Å². The number of anilines is 2. The highest BCUT2D eigenvalue weighted by molar-refractivity contribution is 14.1. The summed E-state index contributed by atoms with van der Waals surface area (Å²) < 4.78 is 1.01. The van der Waals surface area contributed by atoms with Crippen LogP contribution in [0, 0.1) is 3.57 Å². The molecule has 0 spiro atoms. The smallest absolute Gasteiger partial charge is 0.255 e. The lowest BCUT2D eigenvalue weighted by Crippen LogP contribution is -2.48. The molecule has 0 aromatic heterocycles. The summed E-state index contributed by atoms with van der Waals surface area (Å²) in [4.78, 5) is 27.8. The first-order chi connectivity index (χ1) is 12.4. The Morgan fingerprint density at radius 3 is 2.42 bits per heavy atom. The van der Waals surface area contributed by atoms with E-state index in [1.807, 2.05) is 35.2 Å². The Morgan fingerprint density at radius 1 is 1.08 bits per heavy atom. The maximum absolute atomic E-state index is 12.4. The predicted molar refractivity (Wildman–Crippen MR) is 113 cm³/mol. The van der Waals surface area contributed by atoms with Gasteiger partial charge in [-0.3, -0.25) is 9.59 Å². The molecule has 3 rings (SSSR count). The van der Waals surface area contributed by atoms with E-state index >= 15 is 0 Å². The van der Waals surface area contributed by atoms with E-state index in [0.29, 0.717) is 29.4 Å². The van der Waals surface area contributed by atoms with Crippen LogP contribution in [-0.4, -0.2) is 42.9 Å². The summed E-state index contributed by atoms with van der Waals surface area (Å²) in [6, 6.07) is 12.9. The third-order valence-corrected chi connectivity index (χ3v) is 5.33. The van der Waals surface area contributed by atoms with Gasteiger partial charge < -0.3 is 15.1 Å². The first-order valence-corrected chi connectivity index (χ1v) is 9.76. The standard InChI is InChI=1S/C19H19ClIN3O2/c1-13(25)23-7-9-24(10-8-23)18-6-5-16(12-17(18)20)22-19(26)14-3-2-4-15(21)11-14/h2-6,11-12H,7-10H2,1H3,(H,22,26). The molecule has 136 valence electrons. The number of rotatable bonds is 3. The Morgan fingerprint density at radius 2 is 1.81 bits per heavy atom. The van der Waals surface area contributed by atoms with Gasteiger partial charge in [-0.2, -0.15) is 0 Å². The summed E-state index contributed by atoms with van der Waals surface area (Å²) >= 11 is 8.62. The molecule has 1 aliphatic rings. The Bertz CT molecular complexity index is 835. The van der Waals surface area contributed by atoms with Gasteiger partial charge in [-0.05, 0) is 59.0 Å². The van der Waals surface area contributed by atoms with Crippen LogP contribution in [0.15, 0.2) is 42.5 Å². The Kier molecular flexibility index (Phi) is 6.03. The number of amides is 2. The van der Waals surface area contributed by atoms with Crippen molar-refractivity contribution >= 4 is 57.4 Å². The van der Waals surface area contributed by atoms with Gasteiger partial charge in [0.25, 0.3) is 5.91 Å². The molecule has 0 saturated carbocycles. The second-order valence-electron chi connectivity index (χ2n) is 6.12. The zero-order valence-electron chi connectivity index (χ0n) is 14.3. The molecule has 1 heterocycles. The number of hydrogen-bond donors (Lipinski definition) is 1. The first kappa shape index (κ1) is 19.0. The fraction of sp³-hybridized carbons (Fsp3) is 0.263. The van der Waals surface area contributed by atoms with Crippen LogP contribution in [0.5, 0.6) is 0 Å². The van der Waals surface area contributed by atoms with Crippen molar-refractivity contribution < 1.29 is 9.59 Å². The molecule has 1 fully saturated rings. The number of piperazine rings is 1. The Hall–Kier alpha value is -1.80. The van der Waals surface area contributed by atoms with Crippen LogP contribution in [0.4, 0.5) is 11.4 Å². The molecule has 2 aromatic carbocycles. The van der Waals surface area contributed by atoms with Crippen LogP contribution in [0.25, 0.3) is 0 Å². The van der Waals surface area contributed by atoms with E-state index in [-0.39, 0.29) is 11.8 Å². The minimum absolute atomic E-state index is 0.101. The van der Waals surface area contributed by atoms with Crippen LogP contribution in [0.3, 0.4) is 0 Å². The lowest BCUT2D eigenvalue weighted by atomic mass is 10.2. The Balaban J connectivity index is 1.68.